The van der Waals surface area contributed by atoms with Crippen molar-refractivity contribution in [3.63, 3.8) is 0 Å². The molecule has 1 aromatic rings. The zero-order valence-electron chi connectivity index (χ0n) is 8.76. The van der Waals surface area contributed by atoms with Crippen molar-refractivity contribution >= 4 is 10.0 Å². The van der Waals surface area contributed by atoms with Gasteiger partial charge in [-0.05, 0) is 5.56 Å². The molecule has 0 aliphatic rings. The van der Waals surface area contributed by atoms with Gasteiger partial charge in [-0.25, -0.2) is 12.7 Å². The van der Waals surface area contributed by atoms with Crippen LogP contribution in [0, 0.1) is 0 Å². The standard InChI is InChI=1S/C10H16N2O2S/c1-12(15(13,14)8-7-11)9-10-5-3-2-4-6-10/h2-6H,7-9,11H2,1H3. The van der Waals surface area contributed by atoms with E-state index >= 15 is 0 Å². The van der Waals surface area contributed by atoms with Crippen LogP contribution in [0.3, 0.4) is 0 Å². The molecule has 15 heavy (non-hydrogen) atoms. The maximum Gasteiger partial charge on any atom is 0.215 e. The minimum atomic E-state index is -3.20. The monoisotopic (exact) mass is 228 g/mol. The Kier molecular flexibility index (Phi) is 4.26. The van der Waals surface area contributed by atoms with Crippen LogP contribution in [0.5, 0.6) is 0 Å². The molecular weight excluding hydrogens is 212 g/mol. The smallest absolute Gasteiger partial charge is 0.215 e. The van der Waals surface area contributed by atoms with Gasteiger partial charge in [0.2, 0.25) is 10.0 Å². The third-order valence-corrected chi connectivity index (χ3v) is 3.93. The number of sulfonamides is 1. The number of hydrogen-bond acceptors (Lipinski definition) is 3. The first-order valence-corrected chi connectivity index (χ1v) is 6.35. The molecule has 0 heterocycles. The molecule has 2 N–H and O–H groups in total. The van der Waals surface area contributed by atoms with E-state index in [1.54, 1.807) is 7.05 Å². The lowest BCUT2D eigenvalue weighted by molar-refractivity contribution is 0.467. The van der Waals surface area contributed by atoms with Crippen molar-refractivity contribution < 1.29 is 8.42 Å². The molecule has 84 valence electrons. The Balaban J connectivity index is 2.68. The van der Waals surface area contributed by atoms with Crippen molar-refractivity contribution in [2.45, 2.75) is 6.54 Å². The highest BCUT2D eigenvalue weighted by Gasteiger charge is 2.16. The van der Waals surface area contributed by atoms with Crippen LogP contribution in [0.4, 0.5) is 0 Å². The lowest BCUT2D eigenvalue weighted by Gasteiger charge is -2.16. The van der Waals surface area contributed by atoms with Crippen LogP contribution in [0.25, 0.3) is 0 Å². The Morgan fingerprint density at radius 1 is 1.27 bits per heavy atom. The highest BCUT2D eigenvalue weighted by molar-refractivity contribution is 7.89. The largest absolute Gasteiger partial charge is 0.329 e. The number of benzene rings is 1. The first-order valence-electron chi connectivity index (χ1n) is 4.74. The molecule has 0 aliphatic carbocycles. The summed E-state index contributed by atoms with van der Waals surface area (Å²) in [6.07, 6.45) is 0. The summed E-state index contributed by atoms with van der Waals surface area (Å²) in [4.78, 5) is 0. The van der Waals surface area contributed by atoms with Gasteiger partial charge in [-0.2, -0.15) is 0 Å². The predicted molar refractivity (Wildman–Crippen MR) is 60.8 cm³/mol. The van der Waals surface area contributed by atoms with Gasteiger partial charge in [-0.15, -0.1) is 0 Å². The summed E-state index contributed by atoms with van der Waals surface area (Å²) < 4.78 is 24.5. The van der Waals surface area contributed by atoms with E-state index in [2.05, 4.69) is 0 Å². The maximum atomic E-state index is 11.6. The Morgan fingerprint density at radius 3 is 2.40 bits per heavy atom. The maximum absolute atomic E-state index is 11.6. The fourth-order valence-corrected chi connectivity index (χ4v) is 2.20. The first kappa shape index (κ1) is 12.2. The van der Waals surface area contributed by atoms with Crippen molar-refractivity contribution in [3.8, 4) is 0 Å². The van der Waals surface area contributed by atoms with Crippen molar-refractivity contribution in [1.29, 1.82) is 0 Å². The highest BCUT2D eigenvalue weighted by atomic mass is 32.2. The number of rotatable bonds is 5. The second kappa shape index (κ2) is 5.25. The molecule has 0 fully saturated rings. The average Bonchev–Trinajstić information content (AvgIpc) is 2.19. The molecule has 1 rings (SSSR count). The molecule has 1 aromatic carbocycles. The average molecular weight is 228 g/mol. The van der Waals surface area contributed by atoms with E-state index in [0.29, 0.717) is 6.54 Å². The summed E-state index contributed by atoms with van der Waals surface area (Å²) in [5, 5.41) is 0. The molecule has 0 aromatic heterocycles. The summed E-state index contributed by atoms with van der Waals surface area (Å²) in [6.45, 7) is 0.546. The molecule has 0 spiro atoms. The van der Waals surface area contributed by atoms with Crippen LogP contribution in [0.2, 0.25) is 0 Å². The molecule has 0 bridgehead atoms. The van der Waals surface area contributed by atoms with Crippen molar-refractivity contribution in [2.75, 3.05) is 19.3 Å². The SMILES string of the molecule is CN(Cc1ccccc1)S(=O)(=O)CCN. The normalized spacial score (nSPS) is 11.9. The van der Waals surface area contributed by atoms with E-state index < -0.39 is 10.0 Å². The van der Waals surface area contributed by atoms with Crippen LogP contribution >= 0.6 is 0 Å². The zero-order chi connectivity index (χ0) is 11.3. The van der Waals surface area contributed by atoms with Crippen LogP contribution in [-0.4, -0.2) is 32.1 Å². The Hall–Kier alpha value is -0.910. The Morgan fingerprint density at radius 2 is 1.87 bits per heavy atom. The van der Waals surface area contributed by atoms with Gasteiger partial charge in [0, 0.05) is 20.1 Å². The molecule has 4 nitrogen and oxygen atoms in total. The fraction of sp³-hybridized carbons (Fsp3) is 0.400. The fourth-order valence-electron chi connectivity index (χ4n) is 1.24. The van der Waals surface area contributed by atoms with E-state index in [1.165, 1.54) is 4.31 Å². The van der Waals surface area contributed by atoms with Gasteiger partial charge >= 0.3 is 0 Å². The van der Waals surface area contributed by atoms with E-state index in [4.69, 9.17) is 5.73 Å². The van der Waals surface area contributed by atoms with E-state index in [-0.39, 0.29) is 12.3 Å². The number of nitrogens with zero attached hydrogens (tertiary/aromatic N) is 1. The Bertz CT molecular complexity index is 389. The van der Waals surface area contributed by atoms with Crippen LogP contribution < -0.4 is 5.73 Å². The van der Waals surface area contributed by atoms with Crippen molar-refractivity contribution in [1.82, 2.24) is 4.31 Å². The highest BCUT2D eigenvalue weighted by Crippen LogP contribution is 2.06. The van der Waals surface area contributed by atoms with E-state index in [9.17, 15) is 8.42 Å². The molecule has 5 heteroatoms. The molecule has 0 radical (unpaired) electrons. The van der Waals surface area contributed by atoms with Crippen LogP contribution in [0.1, 0.15) is 5.56 Å². The van der Waals surface area contributed by atoms with Crippen molar-refractivity contribution in [2.24, 2.45) is 5.73 Å². The van der Waals surface area contributed by atoms with E-state index in [1.807, 2.05) is 30.3 Å². The molecule has 0 saturated heterocycles. The molecule has 0 atom stereocenters. The van der Waals surface area contributed by atoms with Gasteiger partial charge in [0.25, 0.3) is 0 Å². The Labute approximate surface area is 90.8 Å². The lowest BCUT2D eigenvalue weighted by atomic mass is 10.2. The van der Waals surface area contributed by atoms with E-state index in [0.717, 1.165) is 5.56 Å². The third kappa shape index (κ3) is 3.62. The number of hydrogen-bond donors (Lipinski definition) is 1. The predicted octanol–water partition coefficient (Wildman–Crippen LogP) is 0.407. The van der Waals surface area contributed by atoms with Crippen LogP contribution in [-0.2, 0) is 16.6 Å². The lowest BCUT2D eigenvalue weighted by Crippen LogP contribution is -2.31. The molecule has 0 amide bonds. The third-order valence-electron chi connectivity index (χ3n) is 2.10. The molecular formula is C10H16N2O2S. The van der Waals surface area contributed by atoms with Gasteiger partial charge in [-0.1, -0.05) is 30.3 Å². The van der Waals surface area contributed by atoms with Gasteiger partial charge in [0.05, 0.1) is 5.75 Å². The summed E-state index contributed by atoms with van der Waals surface area (Å²) >= 11 is 0. The summed E-state index contributed by atoms with van der Waals surface area (Å²) in [6, 6.07) is 9.47. The van der Waals surface area contributed by atoms with Gasteiger partial charge in [0.1, 0.15) is 0 Å². The second-order valence-electron chi connectivity index (χ2n) is 3.35. The molecule has 0 aliphatic heterocycles. The van der Waals surface area contributed by atoms with Gasteiger partial charge in [-0.3, -0.25) is 0 Å². The molecule has 0 saturated carbocycles. The topological polar surface area (TPSA) is 63.4 Å². The minimum Gasteiger partial charge on any atom is -0.329 e. The van der Waals surface area contributed by atoms with Crippen molar-refractivity contribution in [3.05, 3.63) is 35.9 Å². The van der Waals surface area contributed by atoms with Gasteiger partial charge < -0.3 is 5.73 Å². The van der Waals surface area contributed by atoms with Gasteiger partial charge in [0.15, 0.2) is 0 Å². The summed E-state index contributed by atoms with van der Waals surface area (Å²) in [5.74, 6) is -0.00364. The summed E-state index contributed by atoms with van der Waals surface area (Å²) in [7, 11) is -1.63. The first-order chi connectivity index (χ1) is 7.06. The van der Waals surface area contributed by atoms with Crippen LogP contribution in [0.15, 0.2) is 30.3 Å². The quantitative estimate of drug-likeness (QED) is 0.793. The minimum absolute atomic E-state index is 0.00364. The molecule has 0 unspecified atom stereocenters. The zero-order valence-corrected chi connectivity index (χ0v) is 9.57. The second-order valence-corrected chi connectivity index (χ2v) is 5.54. The summed E-state index contributed by atoms with van der Waals surface area (Å²) in [5.41, 5.74) is 6.21. The number of nitrogens with two attached hydrogens (primary N) is 1.